The summed E-state index contributed by atoms with van der Waals surface area (Å²) in [6.45, 7) is 17.3. The monoisotopic (exact) mass is 1230 g/mol. The molecule has 0 fully saturated rings. The number of anilines is 1. The predicted octanol–water partition coefficient (Wildman–Crippen LogP) is 21.9. The van der Waals surface area contributed by atoms with Gasteiger partial charge in [0.25, 0.3) is 0 Å². The summed E-state index contributed by atoms with van der Waals surface area (Å²) in [5.74, 6) is 0.372. The minimum atomic E-state index is -0.817. The maximum Gasteiger partial charge on any atom is 0.343 e. The van der Waals surface area contributed by atoms with Gasteiger partial charge >= 0.3 is 17.6 Å². The molecule has 0 bridgehead atoms. The molecule has 0 saturated carbocycles. The number of benzene rings is 6. The van der Waals surface area contributed by atoms with Gasteiger partial charge < -0.3 is 33.3 Å². The van der Waals surface area contributed by atoms with Crippen LogP contribution in [0, 0.1) is 10.1 Å². The van der Waals surface area contributed by atoms with Crippen molar-refractivity contribution in [3.05, 3.63) is 168 Å². The minimum absolute atomic E-state index is 0.0348. The largest absolute Gasteiger partial charge is 0.494 e. The first kappa shape index (κ1) is 70.8. The zero-order chi connectivity index (χ0) is 64.3. The van der Waals surface area contributed by atoms with Gasteiger partial charge in [-0.05, 0) is 149 Å². The highest BCUT2D eigenvalue weighted by Crippen LogP contribution is 2.45. The number of nitrogens with zero attached hydrogens (tertiary/aromatic N) is 4. The third-order valence-corrected chi connectivity index (χ3v) is 15.8. The van der Waals surface area contributed by atoms with Crippen LogP contribution >= 0.6 is 0 Å². The molecule has 0 aliphatic rings. The summed E-state index contributed by atoms with van der Waals surface area (Å²) < 4.78 is 37.2. The number of carbonyl (C=O) groups excluding carboxylic acids is 2. The molecule has 0 saturated heterocycles. The van der Waals surface area contributed by atoms with Crippen molar-refractivity contribution in [3.63, 3.8) is 0 Å². The van der Waals surface area contributed by atoms with E-state index >= 15 is 0 Å². The van der Waals surface area contributed by atoms with Crippen LogP contribution in [-0.2, 0) is 0 Å². The number of esters is 2. The number of azo groups is 1. The van der Waals surface area contributed by atoms with Gasteiger partial charge in [-0.2, -0.15) is 0 Å². The average Bonchev–Trinajstić information content (AvgIpc) is 1.83. The molecule has 0 aliphatic carbocycles. The molecular weight excluding hydrogens is 1130 g/mol. The first-order valence-electron chi connectivity index (χ1n) is 33.1. The molecule has 1 unspecified atom stereocenters. The van der Waals surface area contributed by atoms with Crippen LogP contribution in [0.4, 0.5) is 22.7 Å². The van der Waals surface area contributed by atoms with Crippen LogP contribution in [0.15, 0.2) is 157 Å². The molecule has 14 heteroatoms. The number of unbranched alkanes of at least 4 members (excludes halogenated alkanes) is 18. The lowest BCUT2D eigenvalue weighted by Crippen LogP contribution is -2.16. The minimum Gasteiger partial charge on any atom is -0.494 e. The van der Waals surface area contributed by atoms with Crippen LogP contribution in [0.1, 0.15) is 203 Å². The molecule has 2 atom stereocenters. The van der Waals surface area contributed by atoms with E-state index in [1.54, 1.807) is 48.5 Å². The van der Waals surface area contributed by atoms with E-state index in [9.17, 15) is 19.7 Å². The molecule has 14 nitrogen and oxygen atoms in total. The van der Waals surface area contributed by atoms with Crippen LogP contribution in [0.25, 0.3) is 22.3 Å². The molecule has 0 aliphatic heterocycles. The van der Waals surface area contributed by atoms with E-state index in [1.165, 1.54) is 76.3 Å². The molecule has 90 heavy (non-hydrogen) atoms. The van der Waals surface area contributed by atoms with Gasteiger partial charge in [-0.25, -0.2) is 9.59 Å². The second-order valence-electron chi connectivity index (χ2n) is 23.6. The number of ether oxygens (including phenoxy) is 6. The Morgan fingerprint density at radius 1 is 0.489 bits per heavy atom. The van der Waals surface area contributed by atoms with Crippen molar-refractivity contribution in [2.45, 2.75) is 194 Å². The number of hydrogen-bond acceptors (Lipinski definition) is 13. The summed E-state index contributed by atoms with van der Waals surface area (Å²) >= 11 is 0. The Labute approximate surface area is 536 Å². The van der Waals surface area contributed by atoms with E-state index < -0.39 is 22.5 Å². The Balaban J connectivity index is 1.25. The summed E-state index contributed by atoms with van der Waals surface area (Å²) in [4.78, 5) is 42.3. The highest BCUT2D eigenvalue weighted by Gasteiger charge is 2.26. The predicted molar refractivity (Wildman–Crippen MR) is 365 cm³/mol. The second kappa shape index (κ2) is 39.7. The first-order valence-corrected chi connectivity index (χ1v) is 33.1. The molecule has 482 valence electrons. The molecule has 0 heterocycles. The second-order valence-corrected chi connectivity index (χ2v) is 23.6. The highest BCUT2D eigenvalue weighted by molar-refractivity contribution is 5.93. The van der Waals surface area contributed by atoms with E-state index in [4.69, 9.17) is 33.5 Å². The maximum absolute atomic E-state index is 14.2. The van der Waals surface area contributed by atoms with Crippen molar-refractivity contribution >= 4 is 34.7 Å². The normalized spacial score (nSPS) is 11.8. The number of rotatable bonds is 44. The molecule has 0 radical (unpaired) electrons. The van der Waals surface area contributed by atoms with E-state index in [-0.39, 0.29) is 46.4 Å². The van der Waals surface area contributed by atoms with Gasteiger partial charge in [-0.15, -0.1) is 23.4 Å². The molecular formula is C76H98N4O10. The van der Waals surface area contributed by atoms with Crippen molar-refractivity contribution in [2.24, 2.45) is 10.2 Å². The van der Waals surface area contributed by atoms with Gasteiger partial charge in [0.05, 0.1) is 53.2 Å². The van der Waals surface area contributed by atoms with Gasteiger partial charge in [0.2, 0.25) is 5.75 Å². The van der Waals surface area contributed by atoms with E-state index in [2.05, 4.69) is 32.1 Å². The Kier molecular flexibility index (Phi) is 31.2. The van der Waals surface area contributed by atoms with Crippen molar-refractivity contribution in [3.8, 4) is 56.8 Å². The Bertz CT molecular complexity index is 3160. The molecule has 6 aromatic carbocycles. The van der Waals surface area contributed by atoms with Crippen LogP contribution in [-0.4, -0.2) is 56.4 Å². The number of hydrogen-bond donors (Lipinski definition) is 0. The first-order chi connectivity index (χ1) is 43.8. The Morgan fingerprint density at radius 3 is 1.32 bits per heavy atom. The van der Waals surface area contributed by atoms with Crippen molar-refractivity contribution in [1.82, 2.24) is 0 Å². The molecule has 6 aromatic rings. The van der Waals surface area contributed by atoms with Gasteiger partial charge in [0.1, 0.15) is 28.6 Å². The topological polar surface area (TPSA) is 161 Å². The van der Waals surface area contributed by atoms with E-state index in [0.29, 0.717) is 36.6 Å². The zero-order valence-corrected chi connectivity index (χ0v) is 54.5. The van der Waals surface area contributed by atoms with Crippen LogP contribution in [0.5, 0.6) is 34.5 Å². The molecule has 0 N–H and O–H groups in total. The van der Waals surface area contributed by atoms with Crippen LogP contribution in [0.3, 0.4) is 0 Å². The molecule has 6 rings (SSSR count). The Morgan fingerprint density at radius 2 is 0.867 bits per heavy atom. The van der Waals surface area contributed by atoms with Crippen LogP contribution < -0.4 is 33.3 Å². The fraction of sp³-hybridized carbons (Fsp3) is 0.447. The van der Waals surface area contributed by atoms with E-state index in [0.717, 1.165) is 117 Å². The lowest BCUT2D eigenvalue weighted by Gasteiger charge is -2.23. The fourth-order valence-corrected chi connectivity index (χ4v) is 10.4. The summed E-state index contributed by atoms with van der Waals surface area (Å²) in [5, 5.41) is 22.2. The number of nitro benzene ring substituents is 1. The molecule has 0 spiro atoms. The standard InChI is InChI=1S/C76H98N4O10/c1-9-13-17-21-23-25-27-31-51-85-65-47-43-61(44-48-65)59-35-39-63(40-36-59)75(81)89-72-55-69(79(7)8)73(88-58(6)34-30-20-16-12-4)53-68(72)78-77-67-54-74(70(80(83)84)56-71(67)87-57(5)33-29-19-15-11-3)90-76(82)64-41-37-60(38-42-64)62-45-49-66(50-46-62)86-52-32-28-26-24-22-18-14-10-2/h9,12,35-50,53-58H,1,4,10-11,13-34,51-52H2,2-3,5-8H3/b78-77+/t57?,58-/m0/s1. The molecule has 0 amide bonds. The van der Waals surface area contributed by atoms with Gasteiger partial charge in [-0.3, -0.25) is 10.1 Å². The summed E-state index contributed by atoms with van der Waals surface area (Å²) in [6, 6.07) is 35.6. The van der Waals surface area contributed by atoms with Crippen molar-refractivity contribution < 1.29 is 42.9 Å². The third-order valence-electron chi connectivity index (χ3n) is 15.8. The maximum atomic E-state index is 14.2. The summed E-state index contributed by atoms with van der Waals surface area (Å²) in [7, 11) is 3.73. The van der Waals surface area contributed by atoms with Gasteiger partial charge in [0.15, 0.2) is 11.5 Å². The highest BCUT2D eigenvalue weighted by atomic mass is 16.6. The number of nitro groups is 1. The van der Waals surface area contributed by atoms with E-state index in [1.807, 2.05) is 106 Å². The summed E-state index contributed by atoms with van der Waals surface area (Å²) in [6.07, 6.45) is 29.5. The van der Waals surface area contributed by atoms with Crippen molar-refractivity contribution in [1.29, 1.82) is 0 Å². The lowest BCUT2D eigenvalue weighted by atomic mass is 10.0. The van der Waals surface area contributed by atoms with Gasteiger partial charge in [0, 0.05) is 32.3 Å². The smallest absolute Gasteiger partial charge is 0.343 e. The number of allylic oxidation sites excluding steroid dienone is 2. The average molecular weight is 1230 g/mol. The van der Waals surface area contributed by atoms with Gasteiger partial charge in [-0.1, -0.05) is 164 Å². The van der Waals surface area contributed by atoms with Crippen molar-refractivity contribution in [2.75, 3.05) is 32.2 Å². The number of carbonyl (C=O) groups is 2. The quantitative estimate of drug-likeness (QED) is 0.00681. The Hall–Kier alpha value is -8.26. The molecule has 0 aromatic heterocycles. The summed E-state index contributed by atoms with van der Waals surface area (Å²) in [5.41, 5.74) is 4.41. The lowest BCUT2D eigenvalue weighted by molar-refractivity contribution is -0.385. The fourth-order valence-electron chi connectivity index (χ4n) is 10.4. The van der Waals surface area contributed by atoms with Crippen LogP contribution in [0.2, 0.25) is 0 Å². The SMILES string of the molecule is C=CCCCCCCCCOc1ccc(-c2ccc(C(=O)Oc3cc(N(C)C)c(O[C@@H](C)CCCCC=C)cc3/N=N/c3cc(OC(=O)c4ccc(-c5ccc(OCCCCCCCCCC)cc5)cc4)c([N+](=O)[O-])cc3OC(C)CCCCCC)cc2)cc1. The third kappa shape index (κ3) is 24.3. The zero-order valence-electron chi connectivity index (χ0n) is 54.5.